The van der Waals surface area contributed by atoms with Gasteiger partial charge in [0.15, 0.2) is 23.1 Å². The number of likely N-dealkylation sites (tertiary alicyclic amines) is 1. The van der Waals surface area contributed by atoms with Crippen molar-refractivity contribution in [1.29, 1.82) is 0 Å². The third kappa shape index (κ3) is 6.29. The molecule has 0 amide bonds. The Hall–Kier alpha value is -3.13. The molecule has 0 saturated carbocycles. The van der Waals surface area contributed by atoms with Crippen molar-refractivity contribution in [3.8, 4) is 11.5 Å². The molecule has 1 unspecified atom stereocenters. The fraction of sp³-hybridized carbons (Fsp3) is 0.559. The highest BCUT2D eigenvalue weighted by molar-refractivity contribution is 5.96. The van der Waals surface area contributed by atoms with E-state index in [9.17, 15) is 8.78 Å². The van der Waals surface area contributed by atoms with Crippen LogP contribution >= 0.6 is 0 Å². The molecule has 0 bridgehead atoms. The monoisotopic (exact) mass is 578 g/mol. The van der Waals surface area contributed by atoms with Crippen molar-refractivity contribution in [3.63, 3.8) is 0 Å². The van der Waals surface area contributed by atoms with Gasteiger partial charge in [-0.25, -0.2) is 8.78 Å². The number of methoxy groups -OCH3 is 1. The third-order valence-electron chi connectivity index (χ3n) is 9.30. The van der Waals surface area contributed by atoms with E-state index in [1.54, 1.807) is 19.2 Å². The maximum absolute atomic E-state index is 14.5. The lowest BCUT2D eigenvalue weighted by molar-refractivity contribution is 0.251. The Morgan fingerprint density at radius 2 is 1.83 bits per heavy atom. The highest BCUT2D eigenvalue weighted by Crippen LogP contribution is 2.40. The fourth-order valence-corrected chi connectivity index (χ4v) is 6.95. The van der Waals surface area contributed by atoms with Crippen LogP contribution in [0.2, 0.25) is 0 Å². The molecule has 2 aromatic carbocycles. The lowest BCUT2D eigenvalue weighted by Gasteiger charge is -2.35. The van der Waals surface area contributed by atoms with Gasteiger partial charge in [-0.15, -0.1) is 0 Å². The van der Waals surface area contributed by atoms with Crippen LogP contribution in [0.3, 0.4) is 0 Å². The van der Waals surface area contributed by atoms with Crippen LogP contribution in [0.5, 0.6) is 11.5 Å². The van der Waals surface area contributed by atoms with Crippen LogP contribution in [0.1, 0.15) is 63.1 Å². The van der Waals surface area contributed by atoms with E-state index in [0.29, 0.717) is 25.4 Å². The minimum atomic E-state index is -0.794. The largest absolute Gasteiger partial charge is 0.493 e. The van der Waals surface area contributed by atoms with Crippen LogP contribution in [0.4, 0.5) is 20.2 Å². The number of rotatable bonds is 9. The van der Waals surface area contributed by atoms with Gasteiger partial charge in [-0.2, -0.15) is 0 Å². The Labute approximate surface area is 248 Å². The van der Waals surface area contributed by atoms with Gasteiger partial charge in [-0.3, -0.25) is 4.98 Å². The zero-order valence-corrected chi connectivity index (χ0v) is 25.1. The van der Waals surface area contributed by atoms with Gasteiger partial charge < -0.3 is 24.6 Å². The number of aromatic nitrogens is 1. The summed E-state index contributed by atoms with van der Waals surface area (Å²) in [4.78, 5) is 9.65. The minimum Gasteiger partial charge on any atom is -0.493 e. The molecule has 0 spiro atoms. The van der Waals surface area contributed by atoms with Gasteiger partial charge in [0.05, 0.1) is 24.9 Å². The molecule has 3 heterocycles. The summed E-state index contributed by atoms with van der Waals surface area (Å²) in [6.45, 7) is 7.74. The van der Waals surface area contributed by atoms with Gasteiger partial charge in [0.1, 0.15) is 0 Å². The molecule has 1 N–H and O–H groups in total. The summed E-state index contributed by atoms with van der Waals surface area (Å²) in [7, 11) is 1.70. The zero-order chi connectivity index (χ0) is 29.1. The van der Waals surface area contributed by atoms with E-state index in [1.807, 2.05) is 4.90 Å². The van der Waals surface area contributed by atoms with Crippen molar-refractivity contribution in [2.24, 2.45) is 5.92 Å². The number of halogens is 2. The van der Waals surface area contributed by atoms with E-state index in [4.69, 9.17) is 14.5 Å². The summed E-state index contributed by atoms with van der Waals surface area (Å²) in [5.74, 6) is 0.714. The molecule has 42 heavy (non-hydrogen) atoms. The lowest BCUT2D eigenvalue weighted by Crippen LogP contribution is -2.39. The summed E-state index contributed by atoms with van der Waals surface area (Å²) in [6, 6.07) is 8.79. The first kappa shape index (κ1) is 29.0. The number of aryl methyl sites for hydroxylation is 1. The number of anilines is 2. The first-order valence-electron chi connectivity index (χ1n) is 15.8. The predicted octanol–water partition coefficient (Wildman–Crippen LogP) is 6.98. The molecule has 2 saturated heterocycles. The number of nitrogens with one attached hydrogen (secondary N) is 1. The molecular formula is C34H44F2N4O2. The van der Waals surface area contributed by atoms with E-state index in [-0.39, 0.29) is 6.04 Å². The smallest absolute Gasteiger partial charge is 0.182 e. The second kappa shape index (κ2) is 13.0. The van der Waals surface area contributed by atoms with Crippen molar-refractivity contribution in [3.05, 3.63) is 53.2 Å². The Morgan fingerprint density at radius 3 is 2.62 bits per heavy atom. The van der Waals surface area contributed by atoms with Crippen molar-refractivity contribution in [2.45, 2.75) is 70.8 Å². The minimum absolute atomic E-state index is 0.228. The van der Waals surface area contributed by atoms with E-state index in [2.05, 4.69) is 29.3 Å². The second-order valence-corrected chi connectivity index (χ2v) is 12.4. The maximum atomic E-state index is 14.5. The van der Waals surface area contributed by atoms with Gasteiger partial charge in [-0.05, 0) is 87.6 Å². The van der Waals surface area contributed by atoms with Crippen LogP contribution in [0.25, 0.3) is 10.9 Å². The number of hydrogen-bond donors (Lipinski definition) is 1. The molecule has 3 aliphatic rings. The first-order chi connectivity index (χ1) is 20.5. The number of ether oxygens (including phenoxy) is 2. The summed E-state index contributed by atoms with van der Waals surface area (Å²) in [5, 5.41) is 4.96. The molecule has 1 atom stereocenters. The van der Waals surface area contributed by atoms with Gasteiger partial charge in [-0.1, -0.05) is 19.4 Å². The van der Waals surface area contributed by atoms with Crippen molar-refractivity contribution >= 4 is 22.3 Å². The van der Waals surface area contributed by atoms with Crippen LogP contribution in [-0.2, 0) is 12.8 Å². The standard InChI is InChI=1S/C34H44F2N4O2/c1-23-12-16-39(22-23)15-7-19-42-32-21-29-26(20-31(32)41-2)34(25-8-4-3-5-10-28(25)38-29)37-24-13-17-40(18-14-24)30-11-6-9-27(35)33(30)36/h6,9,11,20-21,23-24H,3-5,7-8,10,12-19,22H2,1-2H3,(H,37,38). The molecule has 3 aromatic rings. The highest BCUT2D eigenvalue weighted by atomic mass is 19.2. The summed E-state index contributed by atoms with van der Waals surface area (Å²) >= 11 is 0. The summed E-state index contributed by atoms with van der Waals surface area (Å²) < 4.78 is 40.4. The Bertz CT molecular complexity index is 1390. The van der Waals surface area contributed by atoms with Crippen molar-refractivity contribution < 1.29 is 18.3 Å². The SMILES string of the molecule is COc1cc2c(NC3CCN(c4cccc(F)c4F)CC3)c3c(nc2cc1OCCCN1CCC(C)C1)CCCCC3. The molecule has 8 heteroatoms. The molecule has 226 valence electrons. The lowest BCUT2D eigenvalue weighted by atomic mass is 9.98. The normalized spacial score (nSPS) is 20.0. The number of pyridine rings is 1. The molecular weight excluding hydrogens is 534 g/mol. The molecule has 1 aliphatic carbocycles. The van der Waals surface area contributed by atoms with Crippen LogP contribution in [0.15, 0.2) is 30.3 Å². The summed E-state index contributed by atoms with van der Waals surface area (Å²) in [6.07, 6.45) is 9.43. The first-order valence-corrected chi connectivity index (χ1v) is 15.8. The van der Waals surface area contributed by atoms with Crippen LogP contribution in [0, 0.1) is 17.6 Å². The number of nitrogens with zero attached hydrogens (tertiary/aromatic N) is 3. The van der Waals surface area contributed by atoms with Gasteiger partial charge >= 0.3 is 0 Å². The predicted molar refractivity (Wildman–Crippen MR) is 165 cm³/mol. The molecule has 1 aromatic heterocycles. The van der Waals surface area contributed by atoms with Crippen LogP contribution < -0.4 is 19.7 Å². The maximum Gasteiger partial charge on any atom is 0.182 e. The average molecular weight is 579 g/mol. The van der Waals surface area contributed by atoms with Crippen molar-refractivity contribution in [1.82, 2.24) is 9.88 Å². The Kier molecular flexibility index (Phi) is 8.98. The number of hydrogen-bond acceptors (Lipinski definition) is 6. The van der Waals surface area contributed by atoms with Gasteiger partial charge in [0.25, 0.3) is 0 Å². The zero-order valence-electron chi connectivity index (χ0n) is 25.1. The summed E-state index contributed by atoms with van der Waals surface area (Å²) in [5.41, 5.74) is 4.93. The van der Waals surface area contributed by atoms with E-state index >= 15 is 0 Å². The highest BCUT2D eigenvalue weighted by Gasteiger charge is 2.26. The third-order valence-corrected chi connectivity index (χ3v) is 9.30. The molecule has 0 radical (unpaired) electrons. The second-order valence-electron chi connectivity index (χ2n) is 12.4. The molecule has 6 nitrogen and oxygen atoms in total. The quantitative estimate of drug-likeness (QED) is 0.218. The van der Waals surface area contributed by atoms with Crippen LogP contribution in [-0.4, -0.2) is 62.4 Å². The molecule has 2 fully saturated rings. The van der Waals surface area contributed by atoms with Gasteiger partial charge in [0, 0.05) is 55.1 Å². The topological polar surface area (TPSA) is 49.9 Å². The van der Waals surface area contributed by atoms with Gasteiger partial charge in [0.2, 0.25) is 0 Å². The Balaban J connectivity index is 1.21. The number of benzene rings is 2. The molecule has 2 aliphatic heterocycles. The fourth-order valence-electron chi connectivity index (χ4n) is 6.95. The number of fused-ring (bicyclic) bond motifs is 2. The molecule has 6 rings (SSSR count). The number of piperidine rings is 1. The Morgan fingerprint density at radius 1 is 1.00 bits per heavy atom. The van der Waals surface area contributed by atoms with Crippen molar-refractivity contribution in [2.75, 3.05) is 56.7 Å². The van der Waals surface area contributed by atoms with E-state index in [0.717, 1.165) is 85.5 Å². The van der Waals surface area contributed by atoms with E-state index < -0.39 is 11.6 Å². The average Bonchev–Trinajstić information content (AvgIpc) is 3.27. The van der Waals surface area contributed by atoms with E-state index in [1.165, 1.54) is 43.3 Å².